The Morgan fingerprint density at radius 3 is 2.13 bits per heavy atom. The first-order valence-electron chi connectivity index (χ1n) is 8.28. The van der Waals surface area contributed by atoms with Gasteiger partial charge in [0.1, 0.15) is 0 Å². The number of esters is 1. The van der Waals surface area contributed by atoms with Gasteiger partial charge in [-0.15, -0.1) is 0 Å². The quantitative estimate of drug-likeness (QED) is 0.263. The van der Waals surface area contributed by atoms with Crippen LogP contribution < -0.4 is 0 Å². The molecule has 0 aromatic carbocycles. The van der Waals surface area contributed by atoms with E-state index in [4.69, 9.17) is 0 Å². The molecular weight excluding hydrogens is 300 g/mol. The maximum atomic E-state index is 12.2. The SMILES string of the molecule is CCCCCCCC[C@@H]1C(=O)C(=O)[C@H](C(=O)C(=O)OCC)C1=O. The molecule has 1 saturated carbocycles. The third-order valence-electron chi connectivity index (χ3n) is 4.03. The molecule has 0 amide bonds. The number of carbonyl (C=O) groups excluding carboxylic acids is 5. The summed E-state index contributed by atoms with van der Waals surface area (Å²) < 4.78 is 4.52. The number of unbranched alkanes of at least 4 members (excludes halogenated alkanes) is 5. The maximum Gasteiger partial charge on any atom is 0.375 e. The lowest BCUT2D eigenvalue weighted by atomic mass is 9.94. The van der Waals surface area contributed by atoms with E-state index < -0.39 is 40.9 Å². The molecule has 6 nitrogen and oxygen atoms in total. The van der Waals surface area contributed by atoms with Crippen molar-refractivity contribution in [3.63, 3.8) is 0 Å². The molecule has 6 heteroatoms. The highest BCUT2D eigenvalue weighted by Gasteiger charge is 2.53. The minimum Gasteiger partial charge on any atom is -0.460 e. The van der Waals surface area contributed by atoms with Gasteiger partial charge in [0, 0.05) is 0 Å². The van der Waals surface area contributed by atoms with Crippen molar-refractivity contribution >= 4 is 29.1 Å². The largest absolute Gasteiger partial charge is 0.460 e. The molecule has 0 saturated heterocycles. The number of carbonyl (C=O) groups is 5. The monoisotopic (exact) mass is 324 g/mol. The predicted octanol–water partition coefficient (Wildman–Crippen LogP) is 1.82. The van der Waals surface area contributed by atoms with Gasteiger partial charge in [0.15, 0.2) is 11.7 Å². The van der Waals surface area contributed by atoms with Crippen LogP contribution in [-0.4, -0.2) is 35.7 Å². The van der Waals surface area contributed by atoms with Gasteiger partial charge in [0.2, 0.25) is 11.6 Å². The Hall–Kier alpha value is -1.85. The summed E-state index contributed by atoms with van der Waals surface area (Å²) in [4.78, 5) is 59.2. The van der Waals surface area contributed by atoms with Crippen molar-refractivity contribution in [1.82, 2.24) is 0 Å². The van der Waals surface area contributed by atoms with E-state index in [1.54, 1.807) is 0 Å². The maximum absolute atomic E-state index is 12.2. The number of rotatable bonds is 10. The fourth-order valence-electron chi connectivity index (χ4n) is 2.74. The van der Waals surface area contributed by atoms with Crippen LogP contribution in [0.15, 0.2) is 0 Å². The predicted molar refractivity (Wildman–Crippen MR) is 81.6 cm³/mol. The molecule has 0 aromatic heterocycles. The van der Waals surface area contributed by atoms with Crippen molar-refractivity contribution in [2.45, 2.75) is 58.8 Å². The highest BCUT2D eigenvalue weighted by molar-refractivity contribution is 6.60. The Labute approximate surface area is 135 Å². The summed E-state index contributed by atoms with van der Waals surface area (Å²) in [5.74, 6) is -7.96. The molecule has 2 atom stereocenters. The summed E-state index contributed by atoms with van der Waals surface area (Å²) in [7, 11) is 0. The molecule has 1 aliphatic carbocycles. The minimum absolute atomic E-state index is 0.0329. The normalized spacial score (nSPS) is 20.9. The van der Waals surface area contributed by atoms with Crippen molar-refractivity contribution < 1.29 is 28.7 Å². The summed E-state index contributed by atoms with van der Waals surface area (Å²) in [5.41, 5.74) is 0. The summed E-state index contributed by atoms with van der Waals surface area (Å²) in [6, 6.07) is 0. The lowest BCUT2D eigenvalue weighted by molar-refractivity contribution is -0.157. The average Bonchev–Trinajstić information content (AvgIpc) is 2.73. The van der Waals surface area contributed by atoms with Crippen LogP contribution in [0.25, 0.3) is 0 Å². The molecule has 0 radical (unpaired) electrons. The van der Waals surface area contributed by atoms with E-state index in [0.29, 0.717) is 6.42 Å². The van der Waals surface area contributed by atoms with Crippen molar-refractivity contribution in [1.29, 1.82) is 0 Å². The lowest BCUT2D eigenvalue weighted by Crippen LogP contribution is -2.33. The molecule has 0 unspecified atom stereocenters. The average molecular weight is 324 g/mol. The van der Waals surface area contributed by atoms with E-state index >= 15 is 0 Å². The Bertz CT molecular complexity index is 493. The zero-order valence-electron chi connectivity index (χ0n) is 13.8. The number of hydrogen-bond acceptors (Lipinski definition) is 6. The van der Waals surface area contributed by atoms with Gasteiger partial charge in [-0.05, 0) is 13.3 Å². The zero-order valence-corrected chi connectivity index (χ0v) is 13.8. The number of ketones is 4. The Morgan fingerprint density at radius 2 is 1.52 bits per heavy atom. The van der Waals surface area contributed by atoms with Crippen LogP contribution in [0.1, 0.15) is 58.8 Å². The number of hydrogen-bond donors (Lipinski definition) is 0. The third kappa shape index (κ3) is 4.81. The van der Waals surface area contributed by atoms with Gasteiger partial charge in [-0.2, -0.15) is 0 Å². The second kappa shape index (κ2) is 9.33. The topological polar surface area (TPSA) is 94.6 Å². The molecule has 1 fully saturated rings. The Morgan fingerprint density at radius 1 is 0.913 bits per heavy atom. The van der Waals surface area contributed by atoms with Crippen LogP contribution in [-0.2, 0) is 28.7 Å². The fourth-order valence-corrected chi connectivity index (χ4v) is 2.74. The van der Waals surface area contributed by atoms with Gasteiger partial charge in [-0.25, -0.2) is 4.79 Å². The molecule has 0 aromatic rings. The summed E-state index contributed by atoms with van der Waals surface area (Å²) in [6.07, 6.45) is 6.19. The molecule has 0 aliphatic heterocycles. The van der Waals surface area contributed by atoms with Gasteiger partial charge in [-0.1, -0.05) is 45.4 Å². The van der Waals surface area contributed by atoms with Gasteiger partial charge >= 0.3 is 5.97 Å². The van der Waals surface area contributed by atoms with Crippen LogP contribution in [0.2, 0.25) is 0 Å². The molecule has 1 aliphatic rings. The van der Waals surface area contributed by atoms with E-state index in [2.05, 4.69) is 11.7 Å². The summed E-state index contributed by atoms with van der Waals surface area (Å²) in [6.45, 7) is 3.59. The van der Waals surface area contributed by atoms with Gasteiger partial charge in [0.05, 0.1) is 12.5 Å². The van der Waals surface area contributed by atoms with Gasteiger partial charge in [0.25, 0.3) is 5.78 Å². The molecular formula is C17H24O6. The van der Waals surface area contributed by atoms with Gasteiger partial charge in [-0.3, -0.25) is 19.2 Å². The van der Waals surface area contributed by atoms with Crippen LogP contribution >= 0.6 is 0 Å². The van der Waals surface area contributed by atoms with Crippen molar-refractivity contribution in [2.24, 2.45) is 11.8 Å². The highest BCUT2D eigenvalue weighted by atomic mass is 16.5. The Kier molecular flexibility index (Phi) is 7.78. The van der Waals surface area contributed by atoms with Crippen LogP contribution in [0, 0.1) is 11.8 Å². The molecule has 128 valence electrons. The van der Waals surface area contributed by atoms with Crippen molar-refractivity contribution in [3.05, 3.63) is 0 Å². The molecule has 0 bridgehead atoms. The van der Waals surface area contributed by atoms with Gasteiger partial charge < -0.3 is 4.74 Å². The molecule has 0 spiro atoms. The number of Topliss-reactive ketones (excluding diaryl/α,β-unsaturated/α-hetero) is 4. The van der Waals surface area contributed by atoms with Crippen LogP contribution in [0.4, 0.5) is 0 Å². The lowest BCUT2D eigenvalue weighted by Gasteiger charge is -2.07. The highest BCUT2D eigenvalue weighted by Crippen LogP contribution is 2.27. The molecule has 23 heavy (non-hydrogen) atoms. The first kappa shape index (κ1) is 19.2. The van der Waals surface area contributed by atoms with E-state index in [1.807, 2.05) is 0 Å². The summed E-state index contributed by atoms with van der Waals surface area (Å²) in [5, 5.41) is 0. The van der Waals surface area contributed by atoms with Crippen LogP contribution in [0.3, 0.4) is 0 Å². The third-order valence-corrected chi connectivity index (χ3v) is 4.03. The fraction of sp³-hybridized carbons (Fsp3) is 0.706. The Balaban J connectivity index is 2.59. The standard InChI is InChI=1S/C17H24O6/c1-3-5-6-7-8-9-10-11-13(18)12(15(20)14(11)19)16(21)17(22)23-4-2/h11-12H,3-10H2,1-2H3/t11-,12+/m0/s1. The van der Waals surface area contributed by atoms with E-state index in [9.17, 15) is 24.0 Å². The first-order chi connectivity index (χ1) is 11.0. The molecule has 0 N–H and O–H groups in total. The summed E-state index contributed by atoms with van der Waals surface area (Å²) >= 11 is 0. The number of ether oxygens (including phenoxy) is 1. The first-order valence-corrected chi connectivity index (χ1v) is 8.28. The van der Waals surface area contributed by atoms with E-state index in [0.717, 1.165) is 32.1 Å². The minimum atomic E-state index is -1.79. The zero-order chi connectivity index (χ0) is 17.4. The van der Waals surface area contributed by atoms with E-state index in [-0.39, 0.29) is 13.0 Å². The molecule has 1 rings (SSSR count). The van der Waals surface area contributed by atoms with Crippen molar-refractivity contribution in [3.8, 4) is 0 Å². The smallest absolute Gasteiger partial charge is 0.375 e. The van der Waals surface area contributed by atoms with Crippen molar-refractivity contribution in [2.75, 3.05) is 6.61 Å². The molecule has 0 heterocycles. The second-order valence-electron chi connectivity index (χ2n) is 5.76. The van der Waals surface area contributed by atoms with Crippen LogP contribution in [0.5, 0.6) is 0 Å². The second-order valence-corrected chi connectivity index (χ2v) is 5.76. The van der Waals surface area contributed by atoms with E-state index in [1.165, 1.54) is 6.92 Å².